The molecule has 1 aliphatic rings. The standard InChI is InChI=1S/C10H15NO/c1-11-7-4-5-9(11)10-6-2-3-8-12-10/h4-5,7,10H,2-3,6,8H2,1H3. The molecule has 1 aromatic heterocycles. The van der Waals surface area contributed by atoms with Gasteiger partial charge in [-0.15, -0.1) is 0 Å². The second-order valence-corrected chi connectivity index (χ2v) is 3.40. The summed E-state index contributed by atoms with van der Waals surface area (Å²) >= 11 is 0. The third kappa shape index (κ3) is 1.39. The number of hydrogen-bond acceptors (Lipinski definition) is 1. The van der Waals surface area contributed by atoms with E-state index in [1.54, 1.807) is 0 Å². The Morgan fingerprint density at radius 3 is 3.00 bits per heavy atom. The zero-order chi connectivity index (χ0) is 8.39. The molecule has 1 aliphatic heterocycles. The van der Waals surface area contributed by atoms with E-state index in [-0.39, 0.29) is 0 Å². The summed E-state index contributed by atoms with van der Waals surface area (Å²) in [6, 6.07) is 4.23. The van der Waals surface area contributed by atoms with Gasteiger partial charge < -0.3 is 9.30 Å². The first-order chi connectivity index (χ1) is 5.88. The van der Waals surface area contributed by atoms with Crippen LogP contribution < -0.4 is 0 Å². The van der Waals surface area contributed by atoms with E-state index >= 15 is 0 Å². The molecular weight excluding hydrogens is 150 g/mol. The second kappa shape index (κ2) is 3.31. The van der Waals surface area contributed by atoms with Crippen molar-refractivity contribution >= 4 is 0 Å². The second-order valence-electron chi connectivity index (χ2n) is 3.40. The molecule has 0 spiro atoms. The monoisotopic (exact) mass is 165 g/mol. The molecule has 0 saturated carbocycles. The van der Waals surface area contributed by atoms with E-state index in [0.29, 0.717) is 6.10 Å². The van der Waals surface area contributed by atoms with Crippen molar-refractivity contribution in [1.29, 1.82) is 0 Å². The van der Waals surface area contributed by atoms with Gasteiger partial charge >= 0.3 is 0 Å². The van der Waals surface area contributed by atoms with Crippen LogP contribution in [0.15, 0.2) is 18.3 Å². The molecule has 0 N–H and O–H groups in total. The van der Waals surface area contributed by atoms with E-state index in [1.165, 1.54) is 25.0 Å². The molecule has 2 nitrogen and oxygen atoms in total. The van der Waals surface area contributed by atoms with Gasteiger partial charge in [-0.3, -0.25) is 0 Å². The Hall–Kier alpha value is -0.760. The normalized spacial score (nSPS) is 24.2. The lowest BCUT2D eigenvalue weighted by Crippen LogP contribution is -2.13. The van der Waals surface area contributed by atoms with Crippen LogP contribution in [0.5, 0.6) is 0 Å². The molecule has 0 aliphatic carbocycles. The van der Waals surface area contributed by atoms with Gasteiger partial charge in [-0.1, -0.05) is 0 Å². The summed E-state index contributed by atoms with van der Waals surface area (Å²) in [5.74, 6) is 0. The number of nitrogens with zero attached hydrogens (tertiary/aromatic N) is 1. The number of hydrogen-bond donors (Lipinski definition) is 0. The summed E-state index contributed by atoms with van der Waals surface area (Å²) < 4.78 is 7.83. The molecule has 2 heteroatoms. The van der Waals surface area contributed by atoms with E-state index in [4.69, 9.17) is 4.74 Å². The van der Waals surface area contributed by atoms with E-state index in [9.17, 15) is 0 Å². The number of aromatic nitrogens is 1. The number of rotatable bonds is 1. The van der Waals surface area contributed by atoms with Gasteiger partial charge in [0.2, 0.25) is 0 Å². The predicted octanol–water partition coefficient (Wildman–Crippen LogP) is 2.27. The van der Waals surface area contributed by atoms with Crippen LogP contribution in [0, 0.1) is 0 Å². The summed E-state index contributed by atoms with van der Waals surface area (Å²) in [4.78, 5) is 0. The summed E-state index contributed by atoms with van der Waals surface area (Å²) in [5, 5.41) is 0. The largest absolute Gasteiger partial charge is 0.372 e. The number of ether oxygens (including phenoxy) is 1. The van der Waals surface area contributed by atoms with Crippen LogP contribution in [0.2, 0.25) is 0 Å². The lowest BCUT2D eigenvalue weighted by atomic mass is 10.1. The smallest absolute Gasteiger partial charge is 0.0974 e. The molecule has 1 unspecified atom stereocenters. The molecule has 66 valence electrons. The topological polar surface area (TPSA) is 14.2 Å². The van der Waals surface area contributed by atoms with Crippen molar-refractivity contribution in [2.45, 2.75) is 25.4 Å². The maximum atomic E-state index is 5.68. The average Bonchev–Trinajstić information content (AvgIpc) is 2.53. The minimum atomic E-state index is 0.346. The first-order valence-electron chi connectivity index (χ1n) is 4.61. The van der Waals surface area contributed by atoms with Crippen molar-refractivity contribution in [3.63, 3.8) is 0 Å². The molecule has 1 fully saturated rings. The molecule has 0 amide bonds. The van der Waals surface area contributed by atoms with Crippen molar-refractivity contribution in [3.8, 4) is 0 Å². The summed E-state index contributed by atoms with van der Waals surface area (Å²) in [6.07, 6.45) is 6.13. The van der Waals surface area contributed by atoms with Crippen LogP contribution >= 0.6 is 0 Å². The Kier molecular flexibility index (Phi) is 2.17. The third-order valence-corrected chi connectivity index (χ3v) is 2.49. The highest BCUT2D eigenvalue weighted by Gasteiger charge is 2.17. The Morgan fingerprint density at radius 1 is 1.50 bits per heavy atom. The van der Waals surface area contributed by atoms with Crippen molar-refractivity contribution < 1.29 is 4.74 Å². The van der Waals surface area contributed by atoms with Gasteiger partial charge in [-0.25, -0.2) is 0 Å². The number of aryl methyl sites for hydroxylation is 1. The Balaban J connectivity index is 2.13. The Labute approximate surface area is 73.1 Å². The maximum absolute atomic E-state index is 5.68. The summed E-state index contributed by atoms with van der Waals surface area (Å²) in [6.45, 7) is 0.926. The summed E-state index contributed by atoms with van der Waals surface area (Å²) in [7, 11) is 2.08. The van der Waals surface area contributed by atoms with Crippen molar-refractivity contribution in [3.05, 3.63) is 24.0 Å². The van der Waals surface area contributed by atoms with Crippen molar-refractivity contribution in [2.24, 2.45) is 7.05 Å². The third-order valence-electron chi connectivity index (χ3n) is 2.49. The minimum absolute atomic E-state index is 0.346. The maximum Gasteiger partial charge on any atom is 0.0974 e. The van der Waals surface area contributed by atoms with Crippen molar-refractivity contribution in [1.82, 2.24) is 4.57 Å². The fraction of sp³-hybridized carbons (Fsp3) is 0.600. The highest BCUT2D eigenvalue weighted by Crippen LogP contribution is 2.27. The van der Waals surface area contributed by atoms with Gasteiger partial charge in [0.1, 0.15) is 0 Å². The van der Waals surface area contributed by atoms with Crippen LogP contribution in [0.4, 0.5) is 0 Å². The Bertz CT molecular complexity index is 248. The van der Waals surface area contributed by atoms with Crippen molar-refractivity contribution in [2.75, 3.05) is 6.61 Å². The molecule has 12 heavy (non-hydrogen) atoms. The molecule has 0 aromatic carbocycles. The van der Waals surface area contributed by atoms with E-state index in [0.717, 1.165) is 6.61 Å². The van der Waals surface area contributed by atoms with Gasteiger partial charge in [0.25, 0.3) is 0 Å². The van der Waals surface area contributed by atoms with E-state index in [2.05, 4.69) is 29.9 Å². The minimum Gasteiger partial charge on any atom is -0.372 e. The molecule has 1 saturated heterocycles. The van der Waals surface area contributed by atoms with Crippen LogP contribution in [-0.2, 0) is 11.8 Å². The first kappa shape index (κ1) is 7.87. The predicted molar refractivity (Wildman–Crippen MR) is 48.0 cm³/mol. The van der Waals surface area contributed by atoms with Crippen LogP contribution in [0.1, 0.15) is 31.1 Å². The zero-order valence-corrected chi connectivity index (χ0v) is 7.49. The molecule has 2 heterocycles. The SMILES string of the molecule is Cn1cccc1C1CCCCO1. The molecule has 1 aromatic rings. The zero-order valence-electron chi connectivity index (χ0n) is 7.49. The molecule has 0 radical (unpaired) electrons. The molecule has 1 atom stereocenters. The van der Waals surface area contributed by atoms with E-state index < -0.39 is 0 Å². The van der Waals surface area contributed by atoms with Gasteiger partial charge in [0, 0.05) is 25.5 Å². The van der Waals surface area contributed by atoms with Crippen LogP contribution in [0.3, 0.4) is 0 Å². The van der Waals surface area contributed by atoms with Gasteiger partial charge in [-0.2, -0.15) is 0 Å². The summed E-state index contributed by atoms with van der Waals surface area (Å²) in [5.41, 5.74) is 1.31. The quantitative estimate of drug-likeness (QED) is 0.622. The molecular formula is C10H15NO. The molecule has 2 rings (SSSR count). The van der Waals surface area contributed by atoms with Gasteiger partial charge in [0.05, 0.1) is 6.10 Å². The van der Waals surface area contributed by atoms with E-state index in [1.807, 2.05) is 0 Å². The van der Waals surface area contributed by atoms with Gasteiger partial charge in [0.15, 0.2) is 0 Å². The lowest BCUT2D eigenvalue weighted by Gasteiger charge is -2.23. The fourth-order valence-electron chi connectivity index (χ4n) is 1.78. The van der Waals surface area contributed by atoms with Crippen LogP contribution in [-0.4, -0.2) is 11.2 Å². The highest BCUT2D eigenvalue weighted by atomic mass is 16.5. The molecule has 0 bridgehead atoms. The average molecular weight is 165 g/mol. The first-order valence-corrected chi connectivity index (χ1v) is 4.61. The van der Waals surface area contributed by atoms with Gasteiger partial charge in [-0.05, 0) is 31.4 Å². The fourth-order valence-corrected chi connectivity index (χ4v) is 1.78. The lowest BCUT2D eigenvalue weighted by molar-refractivity contribution is 0.0107. The Morgan fingerprint density at radius 2 is 2.42 bits per heavy atom. The highest BCUT2D eigenvalue weighted by molar-refractivity contribution is 5.10. The van der Waals surface area contributed by atoms with Crippen LogP contribution in [0.25, 0.3) is 0 Å².